The van der Waals surface area contributed by atoms with Crippen molar-refractivity contribution in [1.29, 1.82) is 0 Å². The van der Waals surface area contributed by atoms with E-state index < -0.39 is 0 Å². The van der Waals surface area contributed by atoms with Gasteiger partial charge >= 0.3 is 0 Å². The van der Waals surface area contributed by atoms with E-state index in [0.717, 1.165) is 13.1 Å². The number of hydrogen-bond donors (Lipinski definition) is 1. The lowest BCUT2D eigenvalue weighted by atomic mass is 10.3. The Balaban J connectivity index is 2.15. The van der Waals surface area contributed by atoms with E-state index in [1.807, 2.05) is 18.7 Å². The molecule has 1 amide bonds. The molecule has 0 aliphatic heterocycles. The highest BCUT2D eigenvalue weighted by atomic mass is 19.1. The van der Waals surface area contributed by atoms with Crippen LogP contribution in [0.1, 0.15) is 24.3 Å². The standard InChI is InChI=1S/C15H17FN4O/c1-3-20(4-2)14-9-13(17-10-18-14)15(21)19-12-7-5-11(16)6-8-12/h5-10H,3-4H2,1-2H3,(H,19,21). The summed E-state index contributed by atoms with van der Waals surface area (Å²) in [6.45, 7) is 5.63. The van der Waals surface area contributed by atoms with E-state index in [9.17, 15) is 9.18 Å². The van der Waals surface area contributed by atoms with Crippen molar-refractivity contribution >= 4 is 17.4 Å². The third-order valence-electron chi connectivity index (χ3n) is 3.07. The third-order valence-corrected chi connectivity index (χ3v) is 3.07. The van der Waals surface area contributed by atoms with Gasteiger partial charge in [-0.15, -0.1) is 0 Å². The Bertz CT molecular complexity index is 611. The summed E-state index contributed by atoms with van der Waals surface area (Å²) >= 11 is 0. The minimum atomic E-state index is -0.350. The molecule has 0 unspecified atom stereocenters. The Labute approximate surface area is 122 Å². The summed E-state index contributed by atoms with van der Waals surface area (Å²) in [5.41, 5.74) is 0.792. The van der Waals surface area contributed by atoms with E-state index in [-0.39, 0.29) is 17.4 Å². The molecule has 1 aromatic heterocycles. The van der Waals surface area contributed by atoms with Gasteiger partial charge in [0.05, 0.1) is 0 Å². The molecule has 0 radical (unpaired) electrons. The van der Waals surface area contributed by atoms with Gasteiger partial charge in [-0.25, -0.2) is 14.4 Å². The molecule has 0 aliphatic carbocycles. The molecule has 2 aromatic rings. The molecule has 0 bridgehead atoms. The van der Waals surface area contributed by atoms with Crippen LogP contribution in [0.25, 0.3) is 0 Å². The number of carbonyl (C=O) groups excluding carboxylic acids is 1. The van der Waals surface area contributed by atoms with Crippen molar-refractivity contribution in [3.05, 3.63) is 48.2 Å². The molecule has 0 saturated carbocycles. The van der Waals surface area contributed by atoms with Crippen LogP contribution in [-0.2, 0) is 0 Å². The zero-order valence-corrected chi connectivity index (χ0v) is 12.0. The number of amides is 1. The van der Waals surface area contributed by atoms with Crippen LogP contribution in [-0.4, -0.2) is 29.0 Å². The number of nitrogens with one attached hydrogen (secondary N) is 1. The van der Waals surface area contributed by atoms with Crippen molar-refractivity contribution in [3.8, 4) is 0 Å². The molecule has 0 fully saturated rings. The van der Waals surface area contributed by atoms with Crippen LogP contribution in [0.15, 0.2) is 36.7 Å². The minimum Gasteiger partial charge on any atom is -0.357 e. The van der Waals surface area contributed by atoms with E-state index in [1.165, 1.54) is 30.6 Å². The van der Waals surface area contributed by atoms with Crippen LogP contribution >= 0.6 is 0 Å². The second-order valence-electron chi connectivity index (χ2n) is 4.39. The summed E-state index contributed by atoms with van der Waals surface area (Å²) in [6, 6.07) is 7.22. The highest BCUT2D eigenvalue weighted by molar-refractivity contribution is 6.03. The quantitative estimate of drug-likeness (QED) is 0.919. The van der Waals surface area contributed by atoms with Crippen molar-refractivity contribution in [1.82, 2.24) is 9.97 Å². The van der Waals surface area contributed by atoms with Gasteiger partial charge in [-0.05, 0) is 38.1 Å². The first-order valence-corrected chi connectivity index (χ1v) is 6.78. The third kappa shape index (κ3) is 3.75. The molecule has 0 saturated heterocycles. The predicted molar refractivity (Wildman–Crippen MR) is 79.9 cm³/mol. The molecule has 21 heavy (non-hydrogen) atoms. The maximum atomic E-state index is 12.8. The molecular formula is C15H17FN4O. The molecule has 110 valence electrons. The van der Waals surface area contributed by atoms with E-state index in [2.05, 4.69) is 15.3 Å². The number of carbonyl (C=O) groups is 1. The lowest BCUT2D eigenvalue weighted by Gasteiger charge is -2.19. The molecule has 1 N–H and O–H groups in total. The molecule has 6 heteroatoms. The minimum absolute atomic E-state index is 0.274. The van der Waals surface area contributed by atoms with Crippen LogP contribution in [0, 0.1) is 5.82 Å². The maximum absolute atomic E-state index is 12.8. The second kappa shape index (κ2) is 6.78. The largest absolute Gasteiger partial charge is 0.357 e. The molecule has 2 rings (SSSR count). The first kappa shape index (κ1) is 14.9. The van der Waals surface area contributed by atoms with E-state index in [4.69, 9.17) is 0 Å². The normalized spacial score (nSPS) is 10.2. The monoisotopic (exact) mass is 288 g/mol. The summed E-state index contributed by atoms with van der Waals surface area (Å²) in [6.07, 6.45) is 1.37. The first-order chi connectivity index (χ1) is 10.1. The van der Waals surface area contributed by atoms with Crippen molar-refractivity contribution in [2.45, 2.75) is 13.8 Å². The summed E-state index contributed by atoms with van der Waals surface area (Å²) in [7, 11) is 0. The van der Waals surface area contributed by atoms with Gasteiger partial charge in [0.25, 0.3) is 5.91 Å². The number of benzene rings is 1. The van der Waals surface area contributed by atoms with Gasteiger partial charge in [0.15, 0.2) is 0 Å². The van der Waals surface area contributed by atoms with E-state index >= 15 is 0 Å². The van der Waals surface area contributed by atoms with Crippen molar-refractivity contribution < 1.29 is 9.18 Å². The Morgan fingerprint density at radius 3 is 2.48 bits per heavy atom. The Morgan fingerprint density at radius 1 is 1.19 bits per heavy atom. The zero-order valence-electron chi connectivity index (χ0n) is 12.0. The van der Waals surface area contributed by atoms with Gasteiger partial charge < -0.3 is 10.2 Å². The fourth-order valence-electron chi connectivity index (χ4n) is 1.92. The van der Waals surface area contributed by atoms with Crippen LogP contribution in [0.2, 0.25) is 0 Å². The SMILES string of the molecule is CCN(CC)c1cc(C(=O)Nc2ccc(F)cc2)ncn1. The lowest BCUT2D eigenvalue weighted by molar-refractivity contribution is 0.102. The van der Waals surface area contributed by atoms with Crippen molar-refractivity contribution in [2.24, 2.45) is 0 Å². The van der Waals surface area contributed by atoms with Crippen molar-refractivity contribution in [3.63, 3.8) is 0 Å². The first-order valence-electron chi connectivity index (χ1n) is 6.78. The highest BCUT2D eigenvalue weighted by Gasteiger charge is 2.11. The number of rotatable bonds is 5. The van der Waals surface area contributed by atoms with Crippen LogP contribution in [0.4, 0.5) is 15.9 Å². The summed E-state index contributed by atoms with van der Waals surface area (Å²) < 4.78 is 12.8. The number of hydrogen-bond acceptors (Lipinski definition) is 4. The Hall–Kier alpha value is -2.50. The molecule has 0 atom stereocenters. The number of nitrogens with zero attached hydrogens (tertiary/aromatic N) is 3. The Kier molecular flexibility index (Phi) is 4.81. The van der Waals surface area contributed by atoms with Crippen LogP contribution in [0.3, 0.4) is 0 Å². The van der Waals surface area contributed by atoms with E-state index in [1.54, 1.807) is 6.07 Å². The number of halogens is 1. The van der Waals surface area contributed by atoms with Gasteiger partial charge in [-0.3, -0.25) is 4.79 Å². The smallest absolute Gasteiger partial charge is 0.274 e. The molecule has 0 spiro atoms. The predicted octanol–water partition coefficient (Wildman–Crippen LogP) is 2.71. The summed E-state index contributed by atoms with van der Waals surface area (Å²) in [5.74, 6) is 0.00975. The second-order valence-corrected chi connectivity index (χ2v) is 4.39. The van der Waals surface area contributed by atoms with Gasteiger partial charge in [-0.1, -0.05) is 0 Å². The topological polar surface area (TPSA) is 58.1 Å². The van der Waals surface area contributed by atoms with Gasteiger partial charge in [0.1, 0.15) is 23.7 Å². The van der Waals surface area contributed by atoms with Crippen LogP contribution < -0.4 is 10.2 Å². The molecule has 0 aliphatic rings. The molecule has 1 aromatic carbocycles. The Morgan fingerprint density at radius 2 is 1.86 bits per heavy atom. The summed E-state index contributed by atoms with van der Waals surface area (Å²) in [4.78, 5) is 22.3. The fourth-order valence-corrected chi connectivity index (χ4v) is 1.92. The lowest BCUT2D eigenvalue weighted by Crippen LogP contribution is -2.24. The zero-order chi connectivity index (χ0) is 15.2. The average Bonchev–Trinajstić information content (AvgIpc) is 2.51. The van der Waals surface area contributed by atoms with Crippen LogP contribution in [0.5, 0.6) is 0 Å². The van der Waals surface area contributed by atoms with Gasteiger partial charge in [-0.2, -0.15) is 0 Å². The van der Waals surface area contributed by atoms with Gasteiger partial charge in [0.2, 0.25) is 0 Å². The average molecular weight is 288 g/mol. The van der Waals surface area contributed by atoms with E-state index in [0.29, 0.717) is 11.5 Å². The highest BCUT2D eigenvalue weighted by Crippen LogP contribution is 2.13. The van der Waals surface area contributed by atoms with Gasteiger partial charge in [0, 0.05) is 24.8 Å². The molecule has 5 nitrogen and oxygen atoms in total. The van der Waals surface area contributed by atoms with Crippen molar-refractivity contribution in [2.75, 3.05) is 23.3 Å². The molecule has 1 heterocycles. The molecular weight excluding hydrogens is 271 g/mol. The maximum Gasteiger partial charge on any atom is 0.274 e. The number of anilines is 2. The summed E-state index contributed by atoms with van der Waals surface area (Å²) in [5, 5.41) is 2.67. The fraction of sp³-hybridized carbons (Fsp3) is 0.267. The number of aromatic nitrogens is 2.